The summed E-state index contributed by atoms with van der Waals surface area (Å²) in [5.41, 5.74) is 2.33. The number of likely N-dealkylation sites (N-methyl/N-ethyl adjacent to an activating group) is 1. The van der Waals surface area contributed by atoms with Crippen LogP contribution in [0.5, 0.6) is 0 Å². The lowest BCUT2D eigenvalue weighted by Crippen LogP contribution is -2.13. The Morgan fingerprint density at radius 1 is 1.62 bits per heavy atom. The van der Waals surface area contributed by atoms with Gasteiger partial charge in [-0.2, -0.15) is 5.10 Å². The lowest BCUT2D eigenvalue weighted by molar-refractivity contribution is 0.410. The van der Waals surface area contributed by atoms with Gasteiger partial charge in [0.05, 0.1) is 10.2 Å². The maximum absolute atomic E-state index is 4.33. The molecule has 0 saturated carbocycles. The first-order chi connectivity index (χ1) is 6.18. The molecule has 0 radical (unpaired) electrons. The van der Waals surface area contributed by atoms with E-state index in [0.717, 1.165) is 16.7 Å². The second kappa shape index (κ2) is 3.42. The van der Waals surface area contributed by atoms with Gasteiger partial charge in [-0.15, -0.1) is 0 Å². The van der Waals surface area contributed by atoms with E-state index in [0.29, 0.717) is 5.92 Å². The van der Waals surface area contributed by atoms with Gasteiger partial charge in [0.2, 0.25) is 0 Å². The van der Waals surface area contributed by atoms with Crippen LogP contribution in [-0.4, -0.2) is 35.2 Å². The summed E-state index contributed by atoms with van der Waals surface area (Å²) in [5.74, 6) is 0.601. The van der Waals surface area contributed by atoms with Crippen LogP contribution in [0.3, 0.4) is 0 Å². The molecule has 13 heavy (non-hydrogen) atoms. The van der Waals surface area contributed by atoms with Crippen LogP contribution < -0.4 is 0 Å². The maximum Gasteiger partial charge on any atom is 0.0811 e. The normalized spacial score (nSPS) is 24.1. The number of hydrogen-bond acceptors (Lipinski definition) is 2. The van der Waals surface area contributed by atoms with E-state index in [-0.39, 0.29) is 0 Å². The molecule has 2 rings (SSSR count). The molecule has 1 aromatic rings. The van der Waals surface area contributed by atoms with Crippen molar-refractivity contribution in [3.05, 3.63) is 15.9 Å². The van der Waals surface area contributed by atoms with Crippen LogP contribution in [0.2, 0.25) is 0 Å². The Kier molecular flexibility index (Phi) is 2.43. The van der Waals surface area contributed by atoms with Crippen molar-refractivity contribution in [1.29, 1.82) is 0 Å². The van der Waals surface area contributed by atoms with Crippen molar-refractivity contribution in [2.75, 3.05) is 20.1 Å². The van der Waals surface area contributed by atoms with E-state index in [2.05, 4.69) is 38.1 Å². The fraction of sp³-hybridized carbons (Fsp3) is 0.667. The van der Waals surface area contributed by atoms with Gasteiger partial charge in [0, 0.05) is 18.2 Å². The van der Waals surface area contributed by atoms with E-state index in [1.807, 2.05) is 6.92 Å². The van der Waals surface area contributed by atoms with Gasteiger partial charge < -0.3 is 4.90 Å². The minimum atomic E-state index is 0.601. The van der Waals surface area contributed by atoms with Crippen LogP contribution in [0.15, 0.2) is 4.47 Å². The molecule has 1 aromatic heterocycles. The first kappa shape index (κ1) is 9.21. The number of hydrogen-bond donors (Lipinski definition) is 1. The molecular weight excluding hydrogens is 230 g/mol. The molecule has 0 bridgehead atoms. The highest BCUT2D eigenvalue weighted by atomic mass is 79.9. The summed E-state index contributed by atoms with van der Waals surface area (Å²) in [6.45, 7) is 4.35. The van der Waals surface area contributed by atoms with Gasteiger partial charge >= 0.3 is 0 Å². The minimum absolute atomic E-state index is 0.601. The molecule has 1 saturated heterocycles. The minimum Gasteiger partial charge on any atom is -0.306 e. The number of nitrogens with one attached hydrogen (secondary N) is 1. The molecule has 72 valence electrons. The van der Waals surface area contributed by atoms with Crippen molar-refractivity contribution in [1.82, 2.24) is 15.1 Å². The molecule has 1 aliphatic heterocycles. The van der Waals surface area contributed by atoms with Gasteiger partial charge in [0.25, 0.3) is 0 Å². The molecular formula is C9H14BrN3. The fourth-order valence-electron chi connectivity index (χ4n) is 1.86. The molecule has 1 fully saturated rings. The van der Waals surface area contributed by atoms with Crippen molar-refractivity contribution in [3.63, 3.8) is 0 Å². The summed E-state index contributed by atoms with van der Waals surface area (Å²) in [4.78, 5) is 2.35. The zero-order valence-corrected chi connectivity index (χ0v) is 9.56. The summed E-state index contributed by atoms with van der Waals surface area (Å²) in [5, 5.41) is 7.35. The van der Waals surface area contributed by atoms with Crippen molar-refractivity contribution in [2.24, 2.45) is 0 Å². The van der Waals surface area contributed by atoms with Crippen LogP contribution in [0.4, 0.5) is 0 Å². The van der Waals surface area contributed by atoms with Crippen molar-refractivity contribution in [3.8, 4) is 0 Å². The molecule has 2 heterocycles. The first-order valence-electron chi connectivity index (χ1n) is 4.57. The number of likely N-dealkylation sites (tertiary alicyclic amines) is 1. The molecule has 0 amide bonds. The molecule has 3 nitrogen and oxygen atoms in total. The molecule has 1 N–H and O–H groups in total. The quantitative estimate of drug-likeness (QED) is 0.818. The number of nitrogens with zero attached hydrogens (tertiary/aromatic N) is 2. The first-order valence-corrected chi connectivity index (χ1v) is 5.36. The monoisotopic (exact) mass is 243 g/mol. The number of halogens is 1. The summed E-state index contributed by atoms with van der Waals surface area (Å²) < 4.78 is 1.16. The Hall–Kier alpha value is -0.350. The molecule has 1 unspecified atom stereocenters. The summed E-state index contributed by atoms with van der Waals surface area (Å²) >= 11 is 3.57. The van der Waals surface area contributed by atoms with E-state index in [1.54, 1.807) is 0 Å². The van der Waals surface area contributed by atoms with Crippen LogP contribution >= 0.6 is 15.9 Å². The highest BCUT2D eigenvalue weighted by Gasteiger charge is 2.25. The average Bonchev–Trinajstić information content (AvgIpc) is 2.62. The Bertz CT molecular complexity index is 308. The van der Waals surface area contributed by atoms with Gasteiger partial charge in [-0.25, -0.2) is 0 Å². The number of H-pyrrole nitrogens is 1. The average molecular weight is 244 g/mol. The number of aryl methyl sites for hydroxylation is 1. The van der Waals surface area contributed by atoms with Crippen LogP contribution in [0.1, 0.15) is 23.7 Å². The fourth-order valence-corrected chi connectivity index (χ4v) is 2.36. The molecule has 0 aliphatic carbocycles. The standard InChI is InChI=1S/C9H14BrN3/c1-6-8(10)9(12-11-6)7-3-4-13(2)5-7/h7H,3-5H2,1-2H3,(H,11,12). The van der Waals surface area contributed by atoms with E-state index in [4.69, 9.17) is 0 Å². The van der Waals surface area contributed by atoms with E-state index >= 15 is 0 Å². The van der Waals surface area contributed by atoms with Crippen molar-refractivity contribution < 1.29 is 0 Å². The Labute approximate surface area is 86.6 Å². The third-order valence-corrected chi connectivity index (χ3v) is 3.68. The molecule has 1 atom stereocenters. The Morgan fingerprint density at radius 2 is 2.38 bits per heavy atom. The summed E-state index contributed by atoms with van der Waals surface area (Å²) in [6, 6.07) is 0. The zero-order valence-electron chi connectivity index (χ0n) is 7.97. The molecule has 0 aromatic carbocycles. The number of aromatic nitrogens is 2. The second-order valence-corrected chi connectivity index (χ2v) is 4.59. The highest BCUT2D eigenvalue weighted by molar-refractivity contribution is 9.10. The SMILES string of the molecule is Cc1[nH]nc(C2CCN(C)C2)c1Br. The van der Waals surface area contributed by atoms with E-state index < -0.39 is 0 Å². The summed E-state index contributed by atoms with van der Waals surface area (Å²) in [6.07, 6.45) is 1.22. The molecule has 0 spiro atoms. The topological polar surface area (TPSA) is 31.9 Å². The second-order valence-electron chi connectivity index (χ2n) is 3.80. The maximum atomic E-state index is 4.33. The van der Waals surface area contributed by atoms with Gasteiger partial charge in [0.15, 0.2) is 0 Å². The van der Waals surface area contributed by atoms with Gasteiger partial charge in [-0.3, -0.25) is 5.10 Å². The van der Waals surface area contributed by atoms with E-state index in [1.165, 1.54) is 18.7 Å². The lowest BCUT2D eigenvalue weighted by Gasteiger charge is -2.07. The highest BCUT2D eigenvalue weighted by Crippen LogP contribution is 2.31. The van der Waals surface area contributed by atoms with Gasteiger partial charge in [-0.05, 0) is 42.9 Å². The Balaban J connectivity index is 2.21. The van der Waals surface area contributed by atoms with Crippen LogP contribution in [-0.2, 0) is 0 Å². The van der Waals surface area contributed by atoms with Gasteiger partial charge in [0.1, 0.15) is 0 Å². The van der Waals surface area contributed by atoms with Crippen molar-refractivity contribution >= 4 is 15.9 Å². The van der Waals surface area contributed by atoms with Crippen molar-refractivity contribution in [2.45, 2.75) is 19.3 Å². The predicted molar refractivity (Wildman–Crippen MR) is 55.9 cm³/mol. The molecule has 1 aliphatic rings. The number of aromatic amines is 1. The zero-order chi connectivity index (χ0) is 9.42. The summed E-state index contributed by atoms with van der Waals surface area (Å²) in [7, 11) is 2.16. The third-order valence-electron chi connectivity index (χ3n) is 2.68. The van der Waals surface area contributed by atoms with E-state index in [9.17, 15) is 0 Å². The largest absolute Gasteiger partial charge is 0.306 e. The Morgan fingerprint density at radius 3 is 2.85 bits per heavy atom. The molecule has 4 heteroatoms. The predicted octanol–water partition coefficient (Wildman–Crippen LogP) is 1.90. The van der Waals surface area contributed by atoms with Gasteiger partial charge in [-0.1, -0.05) is 0 Å². The smallest absolute Gasteiger partial charge is 0.0811 e. The lowest BCUT2D eigenvalue weighted by atomic mass is 10.1. The van der Waals surface area contributed by atoms with Crippen LogP contribution in [0, 0.1) is 6.92 Å². The van der Waals surface area contributed by atoms with Crippen LogP contribution in [0.25, 0.3) is 0 Å². The number of rotatable bonds is 1. The third kappa shape index (κ3) is 1.65.